The third-order valence-corrected chi connectivity index (χ3v) is 7.13. The highest BCUT2D eigenvalue weighted by Gasteiger charge is 2.00. The second-order valence-corrected chi connectivity index (χ2v) is 10.4. The standard InChI is InChI=1S/C26H47N.C7H7Cl/c1-4-5-6-7-8-9-10-11-12-13-14-15-16-17-18-19-24-27(3)26-22-20-25(2)21-23-26;8-6-7-4-2-1-3-5-7/h20-23H,4-19,24H2,1-3H3;1-5H,6H2. The van der Waals surface area contributed by atoms with Gasteiger partial charge in [0.05, 0.1) is 0 Å². The van der Waals surface area contributed by atoms with Crippen molar-refractivity contribution in [3.63, 3.8) is 0 Å². The van der Waals surface area contributed by atoms with Crippen LogP contribution in [-0.4, -0.2) is 13.6 Å². The van der Waals surface area contributed by atoms with E-state index in [1.54, 1.807) is 0 Å². The van der Waals surface area contributed by atoms with Crippen molar-refractivity contribution in [3.8, 4) is 0 Å². The molecular weight excluding hydrogens is 446 g/mol. The molecule has 2 aromatic carbocycles. The average Bonchev–Trinajstić information content (AvgIpc) is 2.89. The lowest BCUT2D eigenvalue weighted by atomic mass is 10.0. The highest BCUT2D eigenvalue weighted by atomic mass is 35.5. The number of benzene rings is 2. The minimum Gasteiger partial charge on any atom is -0.375 e. The molecule has 1 nitrogen and oxygen atoms in total. The Morgan fingerprint density at radius 2 is 1.00 bits per heavy atom. The fraction of sp³-hybridized carbons (Fsp3) is 0.636. The van der Waals surface area contributed by atoms with Gasteiger partial charge in [0.1, 0.15) is 0 Å². The Labute approximate surface area is 223 Å². The molecule has 2 aromatic rings. The van der Waals surface area contributed by atoms with Crippen molar-refractivity contribution in [1.82, 2.24) is 0 Å². The molecule has 0 saturated heterocycles. The van der Waals surface area contributed by atoms with Crippen LogP contribution in [-0.2, 0) is 5.88 Å². The van der Waals surface area contributed by atoms with Crippen LogP contribution in [0.3, 0.4) is 0 Å². The zero-order valence-corrected chi connectivity index (χ0v) is 24.0. The molecule has 0 bridgehead atoms. The zero-order valence-electron chi connectivity index (χ0n) is 23.2. The molecule has 0 aliphatic heterocycles. The molecule has 35 heavy (non-hydrogen) atoms. The molecule has 0 aliphatic carbocycles. The summed E-state index contributed by atoms with van der Waals surface area (Å²) in [6.07, 6.45) is 23.0. The Kier molecular flexibility index (Phi) is 20.7. The predicted octanol–water partition coefficient (Wildman–Crippen LogP) is 11.1. The number of nitrogens with zero attached hydrogens (tertiary/aromatic N) is 1. The summed E-state index contributed by atoms with van der Waals surface area (Å²) in [5.41, 5.74) is 3.87. The van der Waals surface area contributed by atoms with Crippen molar-refractivity contribution >= 4 is 17.3 Å². The van der Waals surface area contributed by atoms with Crippen LogP contribution >= 0.6 is 11.6 Å². The van der Waals surface area contributed by atoms with Gasteiger partial charge in [0, 0.05) is 25.2 Å². The number of alkyl halides is 1. The van der Waals surface area contributed by atoms with Gasteiger partial charge < -0.3 is 4.90 Å². The number of hydrogen-bond acceptors (Lipinski definition) is 1. The lowest BCUT2D eigenvalue weighted by Gasteiger charge is -2.19. The summed E-state index contributed by atoms with van der Waals surface area (Å²) in [7, 11) is 2.22. The molecule has 0 aliphatic rings. The smallest absolute Gasteiger partial charge is 0.0474 e. The van der Waals surface area contributed by atoms with Crippen LogP contribution in [0.15, 0.2) is 54.6 Å². The van der Waals surface area contributed by atoms with E-state index in [0.29, 0.717) is 5.88 Å². The van der Waals surface area contributed by atoms with Gasteiger partial charge in [-0.15, -0.1) is 11.6 Å². The number of hydrogen-bond donors (Lipinski definition) is 0. The molecule has 0 aromatic heterocycles. The number of aryl methyl sites for hydroxylation is 1. The van der Waals surface area contributed by atoms with Crippen LogP contribution in [0.2, 0.25) is 0 Å². The first-order valence-electron chi connectivity index (χ1n) is 14.5. The summed E-state index contributed by atoms with van der Waals surface area (Å²) in [6.45, 7) is 5.63. The molecule has 0 amide bonds. The van der Waals surface area contributed by atoms with Gasteiger partial charge >= 0.3 is 0 Å². The quantitative estimate of drug-likeness (QED) is 0.137. The van der Waals surface area contributed by atoms with E-state index in [2.05, 4.69) is 50.1 Å². The van der Waals surface area contributed by atoms with Crippen molar-refractivity contribution in [2.24, 2.45) is 0 Å². The van der Waals surface area contributed by atoms with E-state index in [-0.39, 0.29) is 0 Å². The molecule has 0 atom stereocenters. The summed E-state index contributed by atoms with van der Waals surface area (Å²) in [5.74, 6) is 0.612. The molecule has 0 saturated carbocycles. The fourth-order valence-electron chi connectivity index (χ4n) is 4.39. The lowest BCUT2D eigenvalue weighted by Crippen LogP contribution is -2.18. The van der Waals surface area contributed by atoms with Crippen molar-refractivity contribution in [3.05, 3.63) is 65.7 Å². The highest BCUT2D eigenvalue weighted by molar-refractivity contribution is 6.17. The van der Waals surface area contributed by atoms with E-state index in [1.807, 2.05) is 30.3 Å². The van der Waals surface area contributed by atoms with Crippen LogP contribution in [0.25, 0.3) is 0 Å². The van der Waals surface area contributed by atoms with E-state index < -0.39 is 0 Å². The van der Waals surface area contributed by atoms with Gasteiger partial charge in [0.25, 0.3) is 0 Å². The van der Waals surface area contributed by atoms with Crippen molar-refractivity contribution < 1.29 is 0 Å². The second-order valence-electron chi connectivity index (χ2n) is 10.2. The molecule has 0 unspecified atom stereocenters. The zero-order chi connectivity index (χ0) is 25.4. The van der Waals surface area contributed by atoms with Gasteiger partial charge in [-0.2, -0.15) is 0 Å². The van der Waals surface area contributed by atoms with Gasteiger partial charge in [-0.05, 0) is 31.0 Å². The van der Waals surface area contributed by atoms with Crippen LogP contribution < -0.4 is 4.90 Å². The van der Waals surface area contributed by atoms with Gasteiger partial charge in [0.15, 0.2) is 0 Å². The SMILES string of the molecule is CCCCCCCCCCCCCCCCCCN(C)c1ccc(C)cc1.ClCc1ccccc1. The van der Waals surface area contributed by atoms with Crippen LogP contribution in [0.5, 0.6) is 0 Å². The Bertz CT molecular complexity index is 682. The molecule has 0 N–H and O–H groups in total. The third-order valence-electron chi connectivity index (χ3n) is 6.82. The highest BCUT2D eigenvalue weighted by Crippen LogP contribution is 2.16. The maximum absolute atomic E-state index is 5.53. The summed E-state index contributed by atoms with van der Waals surface area (Å²) in [6, 6.07) is 18.9. The monoisotopic (exact) mass is 499 g/mol. The summed E-state index contributed by atoms with van der Waals surface area (Å²) >= 11 is 5.53. The van der Waals surface area contributed by atoms with Crippen molar-refractivity contribution in [1.29, 1.82) is 0 Å². The molecule has 0 heterocycles. The van der Waals surface area contributed by atoms with Crippen LogP contribution in [0.1, 0.15) is 121 Å². The molecule has 0 fully saturated rings. The topological polar surface area (TPSA) is 3.24 Å². The van der Waals surface area contributed by atoms with Gasteiger partial charge in [0.2, 0.25) is 0 Å². The van der Waals surface area contributed by atoms with Crippen molar-refractivity contribution in [2.45, 2.75) is 122 Å². The minimum atomic E-state index is 0.612. The Balaban J connectivity index is 0.000000642. The van der Waals surface area contributed by atoms with Crippen LogP contribution in [0, 0.1) is 6.92 Å². The molecule has 0 spiro atoms. The van der Waals surface area contributed by atoms with E-state index in [1.165, 1.54) is 126 Å². The second kappa shape index (κ2) is 23.0. The maximum Gasteiger partial charge on any atom is 0.0474 e. The summed E-state index contributed by atoms with van der Waals surface area (Å²) in [4.78, 5) is 2.39. The Morgan fingerprint density at radius 3 is 1.40 bits per heavy atom. The molecule has 2 rings (SSSR count). The Morgan fingerprint density at radius 1 is 0.571 bits per heavy atom. The van der Waals surface area contributed by atoms with E-state index in [0.717, 1.165) is 0 Å². The largest absolute Gasteiger partial charge is 0.375 e. The van der Waals surface area contributed by atoms with Gasteiger partial charge in [-0.25, -0.2) is 0 Å². The maximum atomic E-state index is 5.53. The fourth-order valence-corrected chi connectivity index (χ4v) is 4.57. The summed E-state index contributed by atoms with van der Waals surface area (Å²) < 4.78 is 0. The predicted molar refractivity (Wildman–Crippen MR) is 160 cm³/mol. The number of halogens is 1. The number of anilines is 1. The average molecular weight is 500 g/mol. The van der Waals surface area contributed by atoms with Crippen molar-refractivity contribution in [2.75, 3.05) is 18.5 Å². The van der Waals surface area contributed by atoms with E-state index in [4.69, 9.17) is 11.6 Å². The first kappa shape index (κ1) is 31.6. The lowest BCUT2D eigenvalue weighted by molar-refractivity contribution is 0.529. The van der Waals surface area contributed by atoms with E-state index in [9.17, 15) is 0 Å². The number of unbranched alkanes of at least 4 members (excludes halogenated alkanes) is 15. The Hall–Kier alpha value is -1.47. The third kappa shape index (κ3) is 18.5. The van der Waals surface area contributed by atoms with Crippen LogP contribution in [0.4, 0.5) is 5.69 Å². The van der Waals surface area contributed by atoms with Gasteiger partial charge in [-0.3, -0.25) is 0 Å². The van der Waals surface area contributed by atoms with E-state index >= 15 is 0 Å². The first-order chi connectivity index (χ1) is 17.2. The first-order valence-corrected chi connectivity index (χ1v) is 15.1. The molecular formula is C33H54ClN. The minimum absolute atomic E-state index is 0.612. The molecule has 198 valence electrons. The summed E-state index contributed by atoms with van der Waals surface area (Å²) in [5, 5.41) is 0. The number of rotatable bonds is 19. The molecule has 2 heteroatoms. The normalized spacial score (nSPS) is 10.6. The molecule has 0 radical (unpaired) electrons. The van der Waals surface area contributed by atoms with Gasteiger partial charge in [-0.1, -0.05) is 151 Å².